The molecular formula is C11H14FNO2. The van der Waals surface area contributed by atoms with E-state index in [1.165, 1.54) is 12.1 Å². The largest absolute Gasteiger partial charge is 0.478 e. The number of benzene rings is 1. The molecule has 0 unspecified atom stereocenters. The van der Waals surface area contributed by atoms with Gasteiger partial charge in [0.1, 0.15) is 5.82 Å². The lowest BCUT2D eigenvalue weighted by Gasteiger charge is -2.19. The van der Waals surface area contributed by atoms with Gasteiger partial charge in [0.2, 0.25) is 0 Å². The third-order valence-electron chi connectivity index (χ3n) is 2.16. The predicted molar refractivity (Wildman–Crippen MR) is 56.9 cm³/mol. The van der Waals surface area contributed by atoms with Crippen LogP contribution < -0.4 is 4.90 Å². The van der Waals surface area contributed by atoms with E-state index in [1.807, 2.05) is 6.92 Å². The van der Waals surface area contributed by atoms with E-state index in [4.69, 9.17) is 5.11 Å². The van der Waals surface area contributed by atoms with E-state index in [2.05, 4.69) is 0 Å². The monoisotopic (exact) mass is 211 g/mol. The number of carbonyl (C=O) groups is 1. The van der Waals surface area contributed by atoms with Gasteiger partial charge in [0.15, 0.2) is 0 Å². The summed E-state index contributed by atoms with van der Waals surface area (Å²) in [5, 5.41) is 8.66. The Morgan fingerprint density at radius 2 is 2.20 bits per heavy atom. The maximum atomic E-state index is 13.5. The minimum absolute atomic E-state index is 0.0267. The van der Waals surface area contributed by atoms with Crippen LogP contribution in [-0.4, -0.2) is 24.7 Å². The van der Waals surface area contributed by atoms with Crippen molar-refractivity contribution in [3.05, 3.63) is 29.6 Å². The lowest BCUT2D eigenvalue weighted by Crippen LogP contribution is -2.19. The van der Waals surface area contributed by atoms with Crippen LogP contribution in [0.4, 0.5) is 10.1 Å². The van der Waals surface area contributed by atoms with Crippen molar-refractivity contribution in [3.8, 4) is 0 Å². The highest BCUT2D eigenvalue weighted by atomic mass is 19.1. The molecule has 0 fully saturated rings. The fourth-order valence-electron chi connectivity index (χ4n) is 1.41. The normalized spacial score (nSPS) is 10.1. The average Bonchev–Trinajstić information content (AvgIpc) is 2.17. The number of rotatable bonds is 4. The first kappa shape index (κ1) is 11.5. The molecule has 4 heteroatoms. The van der Waals surface area contributed by atoms with E-state index < -0.39 is 11.8 Å². The Labute approximate surface area is 88.1 Å². The van der Waals surface area contributed by atoms with E-state index >= 15 is 0 Å². The first-order valence-corrected chi connectivity index (χ1v) is 4.80. The highest BCUT2D eigenvalue weighted by molar-refractivity contribution is 5.88. The SMILES string of the molecule is CCCN(C)c1ccc(C(=O)O)cc1F. The molecule has 1 aromatic carbocycles. The zero-order valence-corrected chi connectivity index (χ0v) is 8.83. The van der Waals surface area contributed by atoms with E-state index in [0.717, 1.165) is 19.0 Å². The second kappa shape index (κ2) is 4.77. The van der Waals surface area contributed by atoms with Crippen LogP contribution in [0.2, 0.25) is 0 Å². The molecule has 0 atom stereocenters. The molecule has 1 N–H and O–H groups in total. The van der Waals surface area contributed by atoms with Crippen molar-refractivity contribution < 1.29 is 14.3 Å². The van der Waals surface area contributed by atoms with E-state index in [9.17, 15) is 9.18 Å². The topological polar surface area (TPSA) is 40.5 Å². The van der Waals surface area contributed by atoms with Gasteiger partial charge >= 0.3 is 5.97 Å². The fourth-order valence-corrected chi connectivity index (χ4v) is 1.41. The molecule has 0 aliphatic rings. The Kier molecular flexibility index (Phi) is 3.66. The number of anilines is 1. The summed E-state index contributed by atoms with van der Waals surface area (Å²) in [5.74, 6) is -1.61. The first-order valence-electron chi connectivity index (χ1n) is 4.80. The van der Waals surface area contributed by atoms with Gasteiger partial charge in [-0.25, -0.2) is 9.18 Å². The highest BCUT2D eigenvalue weighted by Crippen LogP contribution is 2.19. The lowest BCUT2D eigenvalue weighted by molar-refractivity contribution is 0.0696. The fraction of sp³-hybridized carbons (Fsp3) is 0.364. The summed E-state index contributed by atoms with van der Waals surface area (Å²) < 4.78 is 13.5. The van der Waals surface area contributed by atoms with Crippen LogP contribution in [-0.2, 0) is 0 Å². The van der Waals surface area contributed by atoms with Gasteiger partial charge in [0, 0.05) is 13.6 Å². The molecule has 82 valence electrons. The molecule has 0 aliphatic carbocycles. The lowest BCUT2D eigenvalue weighted by atomic mass is 10.2. The standard InChI is InChI=1S/C11H14FNO2/c1-3-6-13(2)10-5-4-8(11(14)15)7-9(10)12/h4-5,7H,3,6H2,1-2H3,(H,14,15). The summed E-state index contributed by atoms with van der Waals surface area (Å²) >= 11 is 0. The molecule has 1 rings (SSSR count). The first-order chi connectivity index (χ1) is 7.06. The molecular weight excluding hydrogens is 197 g/mol. The van der Waals surface area contributed by atoms with Crippen molar-refractivity contribution in [1.82, 2.24) is 0 Å². The molecule has 3 nitrogen and oxygen atoms in total. The van der Waals surface area contributed by atoms with Crippen LogP contribution in [0.1, 0.15) is 23.7 Å². The Hall–Kier alpha value is -1.58. The minimum Gasteiger partial charge on any atom is -0.478 e. The summed E-state index contributed by atoms with van der Waals surface area (Å²) in [4.78, 5) is 12.3. The number of carboxylic acid groups (broad SMARTS) is 1. The molecule has 0 saturated carbocycles. The van der Waals surface area contributed by atoms with Gasteiger partial charge in [0.25, 0.3) is 0 Å². The Balaban J connectivity index is 2.97. The zero-order valence-electron chi connectivity index (χ0n) is 8.83. The van der Waals surface area contributed by atoms with Crippen LogP contribution in [0.3, 0.4) is 0 Å². The molecule has 0 amide bonds. The zero-order chi connectivity index (χ0) is 11.4. The van der Waals surface area contributed by atoms with Gasteiger partial charge in [-0.1, -0.05) is 6.92 Å². The molecule has 0 aromatic heterocycles. The number of hydrogen-bond acceptors (Lipinski definition) is 2. The van der Waals surface area contributed by atoms with Crippen LogP contribution in [0.15, 0.2) is 18.2 Å². The van der Waals surface area contributed by atoms with Gasteiger partial charge < -0.3 is 10.0 Å². The second-order valence-corrected chi connectivity index (χ2v) is 3.39. The predicted octanol–water partition coefficient (Wildman–Crippen LogP) is 2.37. The quantitative estimate of drug-likeness (QED) is 0.831. The number of aromatic carboxylic acids is 1. The van der Waals surface area contributed by atoms with Crippen LogP contribution in [0.5, 0.6) is 0 Å². The van der Waals surface area contributed by atoms with Crippen LogP contribution >= 0.6 is 0 Å². The second-order valence-electron chi connectivity index (χ2n) is 3.39. The summed E-state index contributed by atoms with van der Waals surface area (Å²) in [5.41, 5.74) is 0.406. The smallest absolute Gasteiger partial charge is 0.335 e. The molecule has 0 heterocycles. The van der Waals surface area contributed by atoms with Gasteiger partial charge in [-0.15, -0.1) is 0 Å². The maximum Gasteiger partial charge on any atom is 0.335 e. The van der Waals surface area contributed by atoms with Gasteiger partial charge in [-0.05, 0) is 24.6 Å². The van der Waals surface area contributed by atoms with Crippen molar-refractivity contribution in [2.75, 3.05) is 18.5 Å². The molecule has 15 heavy (non-hydrogen) atoms. The van der Waals surface area contributed by atoms with E-state index in [1.54, 1.807) is 11.9 Å². The Bertz CT molecular complexity index is 366. The van der Waals surface area contributed by atoms with Gasteiger partial charge in [-0.2, -0.15) is 0 Å². The third-order valence-corrected chi connectivity index (χ3v) is 2.16. The molecule has 0 bridgehead atoms. The van der Waals surface area contributed by atoms with Crippen LogP contribution in [0.25, 0.3) is 0 Å². The highest BCUT2D eigenvalue weighted by Gasteiger charge is 2.10. The van der Waals surface area contributed by atoms with Gasteiger partial charge in [-0.3, -0.25) is 0 Å². The summed E-state index contributed by atoms with van der Waals surface area (Å²) in [7, 11) is 1.78. The summed E-state index contributed by atoms with van der Waals surface area (Å²) in [6, 6.07) is 3.95. The summed E-state index contributed by atoms with van der Waals surface area (Å²) in [6.07, 6.45) is 0.913. The van der Waals surface area contributed by atoms with Crippen molar-refractivity contribution in [2.45, 2.75) is 13.3 Å². The maximum absolute atomic E-state index is 13.5. The number of carboxylic acids is 1. The molecule has 0 aliphatic heterocycles. The van der Waals surface area contributed by atoms with Crippen molar-refractivity contribution in [3.63, 3.8) is 0 Å². The Morgan fingerprint density at radius 3 is 2.67 bits per heavy atom. The van der Waals surface area contributed by atoms with E-state index in [0.29, 0.717) is 5.69 Å². The average molecular weight is 211 g/mol. The van der Waals surface area contributed by atoms with Crippen LogP contribution in [0, 0.1) is 5.82 Å². The van der Waals surface area contributed by atoms with Crippen molar-refractivity contribution in [2.24, 2.45) is 0 Å². The summed E-state index contributed by atoms with van der Waals surface area (Å²) in [6.45, 7) is 2.74. The van der Waals surface area contributed by atoms with Crippen molar-refractivity contribution >= 4 is 11.7 Å². The molecule has 1 aromatic rings. The molecule has 0 saturated heterocycles. The number of nitrogens with zero attached hydrogens (tertiary/aromatic N) is 1. The molecule has 0 spiro atoms. The third kappa shape index (κ3) is 2.68. The van der Waals surface area contributed by atoms with Gasteiger partial charge in [0.05, 0.1) is 11.3 Å². The number of halogens is 1. The molecule has 0 radical (unpaired) electrons. The van der Waals surface area contributed by atoms with E-state index in [-0.39, 0.29) is 5.56 Å². The minimum atomic E-state index is -1.11. The Morgan fingerprint density at radius 1 is 1.53 bits per heavy atom. The van der Waals surface area contributed by atoms with Crippen molar-refractivity contribution in [1.29, 1.82) is 0 Å². The number of hydrogen-bond donors (Lipinski definition) is 1.